The molecule has 3 heteroatoms. The van der Waals surface area contributed by atoms with Gasteiger partial charge in [-0.25, -0.2) is 0 Å². The average Bonchev–Trinajstić information content (AvgIpc) is 2.23. The number of nitrogens with zero attached hydrogens (tertiary/aromatic N) is 2. The van der Waals surface area contributed by atoms with Crippen molar-refractivity contribution < 1.29 is 0 Å². The average molecular weight is 192 g/mol. The largest absolute Gasteiger partial charge is 0.360 e. The van der Waals surface area contributed by atoms with Crippen LogP contribution in [0, 0.1) is 0 Å². The van der Waals surface area contributed by atoms with Crippen molar-refractivity contribution in [1.29, 1.82) is 0 Å². The van der Waals surface area contributed by atoms with E-state index < -0.39 is 0 Å². The summed E-state index contributed by atoms with van der Waals surface area (Å²) in [5.74, 6) is 0. The number of hydrogen-bond donors (Lipinski definition) is 0. The predicted octanol–water partition coefficient (Wildman–Crippen LogP) is 2.12. The van der Waals surface area contributed by atoms with Gasteiger partial charge >= 0.3 is 0 Å². The maximum Gasteiger partial charge on any atom is 0.129 e. The minimum absolute atomic E-state index is 0.00926. The van der Waals surface area contributed by atoms with Gasteiger partial charge in [0.25, 0.3) is 0 Å². The fourth-order valence-electron chi connectivity index (χ4n) is 2.29. The van der Waals surface area contributed by atoms with Gasteiger partial charge in [-0.1, -0.05) is 0 Å². The lowest BCUT2D eigenvalue weighted by atomic mass is 10.0. The molecule has 0 amide bonds. The van der Waals surface area contributed by atoms with Crippen LogP contribution in [0.4, 0.5) is 0 Å². The van der Waals surface area contributed by atoms with Gasteiger partial charge in [0.05, 0.1) is 6.07 Å². The molecule has 2 radical (unpaired) electrons. The molecular weight excluding hydrogens is 171 g/mol. The number of hydrogen-bond acceptors (Lipinski definition) is 2. The zero-order valence-corrected chi connectivity index (χ0v) is 10.2. The van der Waals surface area contributed by atoms with Crippen LogP contribution in [-0.4, -0.2) is 35.8 Å². The first-order chi connectivity index (χ1) is 6.37. The van der Waals surface area contributed by atoms with E-state index in [2.05, 4.69) is 51.3 Å². The van der Waals surface area contributed by atoms with E-state index >= 15 is 0 Å². The Labute approximate surface area is 89.4 Å². The van der Waals surface area contributed by atoms with Crippen molar-refractivity contribution in [2.75, 3.05) is 0 Å². The topological polar surface area (TPSA) is 6.48 Å². The van der Waals surface area contributed by atoms with E-state index in [4.69, 9.17) is 7.85 Å². The van der Waals surface area contributed by atoms with Gasteiger partial charge < -0.3 is 9.80 Å². The van der Waals surface area contributed by atoms with Gasteiger partial charge in [0, 0.05) is 23.5 Å². The van der Waals surface area contributed by atoms with Crippen molar-refractivity contribution >= 4 is 7.85 Å². The summed E-state index contributed by atoms with van der Waals surface area (Å²) >= 11 is 0. The van der Waals surface area contributed by atoms with Gasteiger partial charge in [0.2, 0.25) is 0 Å². The van der Waals surface area contributed by atoms with E-state index in [1.54, 1.807) is 0 Å². The standard InChI is InChI=1S/C11H21BN2/c1-7(2)13-9(5)10(6)14(8(3)4)11(13)12/h7-8,11H,1-6H3. The summed E-state index contributed by atoms with van der Waals surface area (Å²) in [5.41, 5.74) is 2.61. The van der Waals surface area contributed by atoms with Crippen molar-refractivity contribution in [3.05, 3.63) is 11.4 Å². The lowest BCUT2D eigenvalue weighted by Crippen LogP contribution is -2.46. The molecule has 0 fully saturated rings. The van der Waals surface area contributed by atoms with Gasteiger partial charge in [-0.2, -0.15) is 0 Å². The summed E-state index contributed by atoms with van der Waals surface area (Å²) < 4.78 is 0. The molecule has 0 unspecified atom stereocenters. The third-order valence-corrected chi connectivity index (χ3v) is 2.98. The summed E-state index contributed by atoms with van der Waals surface area (Å²) in [7, 11) is 6.22. The molecule has 0 saturated carbocycles. The summed E-state index contributed by atoms with van der Waals surface area (Å²) in [6.45, 7) is 13.0. The van der Waals surface area contributed by atoms with Crippen LogP contribution in [0.1, 0.15) is 41.5 Å². The van der Waals surface area contributed by atoms with Crippen molar-refractivity contribution in [2.24, 2.45) is 0 Å². The molecule has 1 aliphatic rings. The first kappa shape index (κ1) is 11.5. The van der Waals surface area contributed by atoms with Crippen LogP contribution in [0.3, 0.4) is 0 Å². The van der Waals surface area contributed by atoms with Gasteiger partial charge in [-0.3, -0.25) is 0 Å². The van der Waals surface area contributed by atoms with Crippen molar-refractivity contribution in [3.63, 3.8) is 0 Å². The second-order valence-corrected chi connectivity index (χ2v) is 4.59. The highest BCUT2D eigenvalue weighted by Crippen LogP contribution is 2.30. The first-order valence-electron chi connectivity index (χ1n) is 5.37. The molecule has 1 aliphatic heterocycles. The molecular formula is C11H21BN2. The fraction of sp³-hybridized carbons (Fsp3) is 0.818. The summed E-state index contributed by atoms with van der Waals surface area (Å²) in [4.78, 5) is 4.55. The summed E-state index contributed by atoms with van der Waals surface area (Å²) in [6.07, 6.45) is 0. The van der Waals surface area contributed by atoms with E-state index in [-0.39, 0.29) is 6.07 Å². The molecule has 0 aromatic heterocycles. The molecule has 78 valence electrons. The lowest BCUT2D eigenvalue weighted by molar-refractivity contribution is 0.154. The van der Waals surface area contributed by atoms with E-state index in [0.29, 0.717) is 12.1 Å². The smallest absolute Gasteiger partial charge is 0.129 e. The first-order valence-corrected chi connectivity index (χ1v) is 5.37. The Kier molecular flexibility index (Phi) is 3.18. The fourth-order valence-corrected chi connectivity index (χ4v) is 2.29. The van der Waals surface area contributed by atoms with Crippen LogP contribution < -0.4 is 0 Å². The molecule has 1 rings (SSSR count). The van der Waals surface area contributed by atoms with Crippen LogP contribution in [0.2, 0.25) is 0 Å². The van der Waals surface area contributed by atoms with Crippen LogP contribution in [0.5, 0.6) is 0 Å². The molecule has 0 bridgehead atoms. The van der Waals surface area contributed by atoms with Gasteiger partial charge in [0.1, 0.15) is 7.85 Å². The minimum atomic E-state index is 0.00926. The van der Waals surface area contributed by atoms with Gasteiger partial charge in [-0.05, 0) is 41.5 Å². The van der Waals surface area contributed by atoms with Crippen LogP contribution in [0.15, 0.2) is 11.4 Å². The van der Waals surface area contributed by atoms with Crippen molar-refractivity contribution in [3.8, 4) is 0 Å². The molecule has 0 aliphatic carbocycles. The zero-order valence-electron chi connectivity index (χ0n) is 10.2. The highest BCUT2D eigenvalue weighted by molar-refractivity contribution is 6.12. The molecule has 0 N–H and O–H groups in total. The van der Waals surface area contributed by atoms with Crippen LogP contribution >= 0.6 is 0 Å². The normalized spacial score (nSPS) is 19.4. The maximum absolute atomic E-state index is 6.22. The quantitative estimate of drug-likeness (QED) is 0.618. The second kappa shape index (κ2) is 3.88. The lowest BCUT2D eigenvalue weighted by Gasteiger charge is -2.37. The van der Waals surface area contributed by atoms with E-state index in [1.165, 1.54) is 11.4 Å². The zero-order chi connectivity index (χ0) is 11.0. The third-order valence-electron chi connectivity index (χ3n) is 2.98. The number of rotatable bonds is 2. The van der Waals surface area contributed by atoms with Crippen molar-refractivity contribution in [1.82, 2.24) is 9.80 Å². The van der Waals surface area contributed by atoms with Gasteiger partial charge in [0.15, 0.2) is 0 Å². The maximum atomic E-state index is 6.22. The Morgan fingerprint density at radius 2 is 1.21 bits per heavy atom. The van der Waals surface area contributed by atoms with Crippen molar-refractivity contribution in [2.45, 2.75) is 59.7 Å². The molecule has 0 aromatic rings. The Morgan fingerprint density at radius 3 is 1.36 bits per heavy atom. The Bertz CT molecular complexity index is 222. The van der Waals surface area contributed by atoms with Crippen LogP contribution in [0.25, 0.3) is 0 Å². The van der Waals surface area contributed by atoms with E-state index in [1.807, 2.05) is 0 Å². The van der Waals surface area contributed by atoms with E-state index in [9.17, 15) is 0 Å². The molecule has 0 spiro atoms. The Balaban J connectivity index is 2.98. The minimum Gasteiger partial charge on any atom is -0.360 e. The second-order valence-electron chi connectivity index (χ2n) is 4.59. The Hall–Kier alpha value is -0.595. The summed E-state index contributed by atoms with van der Waals surface area (Å²) in [5, 5.41) is 0. The molecule has 0 aromatic carbocycles. The van der Waals surface area contributed by atoms with E-state index in [0.717, 1.165) is 0 Å². The van der Waals surface area contributed by atoms with Crippen LogP contribution in [-0.2, 0) is 0 Å². The molecule has 1 heterocycles. The molecule has 0 saturated heterocycles. The summed E-state index contributed by atoms with van der Waals surface area (Å²) in [6, 6.07) is 0.933. The third kappa shape index (κ3) is 1.64. The molecule has 2 nitrogen and oxygen atoms in total. The predicted molar refractivity (Wildman–Crippen MR) is 61.9 cm³/mol. The van der Waals surface area contributed by atoms with Gasteiger partial charge in [-0.15, -0.1) is 0 Å². The SMILES string of the molecule is [B]C1N(C(C)C)C(C)=C(C)N1C(C)C. The Morgan fingerprint density at radius 1 is 0.929 bits per heavy atom. The molecule has 0 atom stereocenters. The molecule has 14 heavy (non-hydrogen) atoms. The highest BCUT2D eigenvalue weighted by Gasteiger charge is 2.32. The number of allylic oxidation sites excluding steroid dienone is 2. The highest BCUT2D eigenvalue weighted by atomic mass is 15.4. The monoisotopic (exact) mass is 192 g/mol.